The zero-order valence-corrected chi connectivity index (χ0v) is 12.1. The van der Waals surface area contributed by atoms with Gasteiger partial charge in [0.15, 0.2) is 0 Å². The first-order valence-electron chi connectivity index (χ1n) is 6.41. The highest BCUT2D eigenvalue weighted by atomic mass is 35.5. The molecule has 0 aliphatic heterocycles. The van der Waals surface area contributed by atoms with Gasteiger partial charge in [0, 0.05) is 11.3 Å². The van der Waals surface area contributed by atoms with Crippen LogP contribution in [-0.2, 0) is 10.2 Å². The molecular formula is C16H14ClF2NO. The molecule has 0 heterocycles. The molecule has 21 heavy (non-hydrogen) atoms. The zero-order valence-electron chi connectivity index (χ0n) is 11.3. The summed E-state index contributed by atoms with van der Waals surface area (Å²) < 4.78 is 26.1. The Morgan fingerprint density at radius 1 is 1.14 bits per heavy atom. The van der Waals surface area contributed by atoms with E-state index in [2.05, 4.69) is 5.32 Å². The van der Waals surface area contributed by atoms with Crippen LogP contribution in [-0.4, -0.2) is 5.91 Å². The third kappa shape index (κ3) is 4.02. The molecule has 110 valence electrons. The molecule has 0 aliphatic rings. The number of benzene rings is 2. The smallest absolute Gasteiger partial charge is 0.326 e. The maximum absolute atomic E-state index is 13.0. The van der Waals surface area contributed by atoms with Gasteiger partial charge in [-0.25, -0.2) is 0 Å². The lowest BCUT2D eigenvalue weighted by Gasteiger charge is -2.14. The molecule has 0 fully saturated rings. The number of anilines is 1. The average Bonchev–Trinajstić information content (AvgIpc) is 2.47. The van der Waals surface area contributed by atoms with Crippen LogP contribution in [0.2, 0.25) is 0 Å². The van der Waals surface area contributed by atoms with Crippen LogP contribution in [0.3, 0.4) is 0 Å². The Kier molecular flexibility index (Phi) is 4.58. The van der Waals surface area contributed by atoms with Crippen molar-refractivity contribution in [1.29, 1.82) is 0 Å². The Morgan fingerprint density at radius 3 is 2.43 bits per heavy atom. The molecule has 0 aromatic heterocycles. The molecule has 0 radical (unpaired) electrons. The minimum Gasteiger partial charge on any atom is -0.326 e. The minimum atomic E-state index is -3.45. The van der Waals surface area contributed by atoms with Crippen LogP contribution in [0.5, 0.6) is 0 Å². The fourth-order valence-electron chi connectivity index (χ4n) is 1.92. The average molecular weight is 310 g/mol. The third-order valence-corrected chi connectivity index (χ3v) is 3.37. The Balaban J connectivity index is 2.13. The topological polar surface area (TPSA) is 29.1 Å². The van der Waals surface area contributed by atoms with E-state index in [1.807, 2.05) is 30.3 Å². The first kappa shape index (κ1) is 15.4. The van der Waals surface area contributed by atoms with E-state index in [0.29, 0.717) is 5.69 Å². The maximum Gasteiger partial charge on any atom is 0.348 e. The first-order chi connectivity index (χ1) is 9.88. The number of hydrogen-bond acceptors (Lipinski definition) is 1. The van der Waals surface area contributed by atoms with E-state index in [9.17, 15) is 13.6 Å². The van der Waals surface area contributed by atoms with Crippen molar-refractivity contribution in [2.75, 3.05) is 5.32 Å². The summed E-state index contributed by atoms with van der Waals surface area (Å²) in [6, 6.07) is 14.6. The number of halogens is 3. The van der Waals surface area contributed by atoms with Crippen LogP contribution in [0, 0.1) is 0 Å². The number of carbonyl (C=O) groups excluding carboxylic acids is 1. The molecule has 2 aromatic rings. The quantitative estimate of drug-likeness (QED) is 0.814. The Morgan fingerprint density at radius 2 is 1.81 bits per heavy atom. The van der Waals surface area contributed by atoms with Crippen molar-refractivity contribution < 1.29 is 13.6 Å². The normalized spacial score (nSPS) is 12.8. The molecule has 1 unspecified atom stereocenters. The van der Waals surface area contributed by atoms with Gasteiger partial charge in [-0.1, -0.05) is 42.5 Å². The van der Waals surface area contributed by atoms with Gasteiger partial charge in [-0.15, -0.1) is 0 Å². The van der Waals surface area contributed by atoms with Gasteiger partial charge in [0.05, 0.1) is 5.92 Å². The van der Waals surface area contributed by atoms with E-state index in [-0.39, 0.29) is 17.4 Å². The first-order valence-corrected chi connectivity index (χ1v) is 6.79. The lowest BCUT2D eigenvalue weighted by molar-refractivity contribution is -0.117. The highest BCUT2D eigenvalue weighted by Crippen LogP contribution is 2.33. The number of hydrogen-bond donors (Lipinski definition) is 1. The van der Waals surface area contributed by atoms with Gasteiger partial charge in [0.25, 0.3) is 0 Å². The summed E-state index contributed by atoms with van der Waals surface area (Å²) in [5.41, 5.74) is 0.795. The SMILES string of the molecule is CC(C(=O)Nc1cccc(C(F)(F)Cl)c1)c1ccccc1. The molecule has 2 aromatic carbocycles. The molecule has 0 saturated carbocycles. The van der Waals surface area contributed by atoms with Gasteiger partial charge in [0.1, 0.15) is 0 Å². The van der Waals surface area contributed by atoms with E-state index in [1.165, 1.54) is 18.2 Å². The molecule has 5 heteroatoms. The van der Waals surface area contributed by atoms with E-state index < -0.39 is 5.38 Å². The second-order valence-corrected chi connectivity index (χ2v) is 5.17. The van der Waals surface area contributed by atoms with Crippen molar-refractivity contribution in [3.63, 3.8) is 0 Å². The molecule has 0 aliphatic carbocycles. The summed E-state index contributed by atoms with van der Waals surface area (Å²) in [5.74, 6) is -0.650. The van der Waals surface area contributed by atoms with Crippen LogP contribution < -0.4 is 5.32 Å². The Labute approximate surface area is 126 Å². The van der Waals surface area contributed by atoms with Crippen LogP contribution in [0.25, 0.3) is 0 Å². The van der Waals surface area contributed by atoms with Crippen LogP contribution in [0.4, 0.5) is 14.5 Å². The second-order valence-electron chi connectivity index (χ2n) is 4.70. The van der Waals surface area contributed by atoms with Crippen molar-refractivity contribution in [2.24, 2.45) is 0 Å². The molecule has 2 rings (SSSR count). The minimum absolute atomic E-state index is 0.267. The summed E-state index contributed by atoms with van der Waals surface area (Å²) in [6.07, 6.45) is 0. The van der Waals surface area contributed by atoms with Crippen LogP contribution >= 0.6 is 11.6 Å². The number of nitrogens with one attached hydrogen (secondary N) is 1. The lowest BCUT2D eigenvalue weighted by Crippen LogP contribution is -2.19. The van der Waals surface area contributed by atoms with Crippen LogP contribution in [0.15, 0.2) is 54.6 Å². The summed E-state index contributed by atoms with van der Waals surface area (Å²) in [6.45, 7) is 1.75. The summed E-state index contributed by atoms with van der Waals surface area (Å²) in [7, 11) is 0. The molecule has 0 spiro atoms. The summed E-state index contributed by atoms with van der Waals surface area (Å²) in [5, 5.41) is -0.831. The molecule has 1 N–H and O–H groups in total. The van der Waals surface area contributed by atoms with E-state index in [4.69, 9.17) is 11.6 Å². The second kappa shape index (κ2) is 6.22. The third-order valence-electron chi connectivity index (χ3n) is 3.15. The van der Waals surface area contributed by atoms with E-state index in [0.717, 1.165) is 5.56 Å². The molecule has 0 bridgehead atoms. The van der Waals surface area contributed by atoms with Crippen LogP contribution in [0.1, 0.15) is 24.0 Å². The fourth-order valence-corrected chi connectivity index (χ4v) is 2.03. The fraction of sp³-hybridized carbons (Fsp3) is 0.188. The molecule has 2 nitrogen and oxygen atoms in total. The maximum atomic E-state index is 13.0. The predicted molar refractivity (Wildman–Crippen MR) is 79.7 cm³/mol. The highest BCUT2D eigenvalue weighted by molar-refractivity contribution is 6.21. The van der Waals surface area contributed by atoms with Crippen molar-refractivity contribution >= 4 is 23.2 Å². The van der Waals surface area contributed by atoms with E-state index in [1.54, 1.807) is 13.0 Å². The Hall–Kier alpha value is -1.94. The molecular weight excluding hydrogens is 296 g/mol. The van der Waals surface area contributed by atoms with Gasteiger partial charge < -0.3 is 5.32 Å². The Bertz CT molecular complexity index is 626. The van der Waals surface area contributed by atoms with E-state index >= 15 is 0 Å². The molecule has 1 amide bonds. The summed E-state index contributed by atoms with van der Waals surface area (Å²) in [4.78, 5) is 12.1. The van der Waals surface area contributed by atoms with Crippen molar-refractivity contribution in [3.8, 4) is 0 Å². The highest BCUT2D eigenvalue weighted by Gasteiger charge is 2.28. The molecule has 1 atom stereocenters. The standard InChI is InChI=1S/C16H14ClF2NO/c1-11(12-6-3-2-4-7-12)15(21)20-14-9-5-8-13(10-14)16(17,18)19/h2-11H,1H3,(H,20,21). The monoisotopic (exact) mass is 309 g/mol. The van der Waals surface area contributed by atoms with Gasteiger partial charge >= 0.3 is 5.38 Å². The number of carbonyl (C=O) groups is 1. The van der Waals surface area contributed by atoms with Crippen molar-refractivity contribution in [3.05, 3.63) is 65.7 Å². The zero-order chi connectivity index (χ0) is 15.5. The van der Waals surface area contributed by atoms with Gasteiger partial charge in [-0.3, -0.25) is 4.79 Å². The number of rotatable bonds is 4. The van der Waals surface area contributed by atoms with Crippen molar-refractivity contribution in [2.45, 2.75) is 18.2 Å². The van der Waals surface area contributed by atoms with Gasteiger partial charge in [-0.05, 0) is 36.2 Å². The number of amides is 1. The van der Waals surface area contributed by atoms with Crippen molar-refractivity contribution in [1.82, 2.24) is 0 Å². The molecule has 0 saturated heterocycles. The van der Waals surface area contributed by atoms with Gasteiger partial charge in [-0.2, -0.15) is 8.78 Å². The summed E-state index contributed by atoms with van der Waals surface area (Å²) >= 11 is 4.98. The lowest BCUT2D eigenvalue weighted by atomic mass is 10.0. The largest absolute Gasteiger partial charge is 0.348 e. The predicted octanol–water partition coefficient (Wildman–Crippen LogP) is 4.72. The number of alkyl halides is 3. The van der Waals surface area contributed by atoms with Gasteiger partial charge in [0.2, 0.25) is 5.91 Å².